The summed E-state index contributed by atoms with van der Waals surface area (Å²) in [5, 5.41) is 5.54. The van der Waals surface area contributed by atoms with E-state index in [-0.39, 0.29) is 11.6 Å². The number of rotatable bonds is 6. The van der Waals surface area contributed by atoms with Gasteiger partial charge < -0.3 is 14.5 Å². The van der Waals surface area contributed by atoms with Crippen molar-refractivity contribution in [3.8, 4) is 0 Å². The van der Waals surface area contributed by atoms with Crippen molar-refractivity contribution in [3.63, 3.8) is 0 Å². The van der Waals surface area contributed by atoms with E-state index in [1.807, 2.05) is 37.8 Å². The number of nitrogens with zero attached hydrogens (tertiary/aromatic N) is 3. The molecule has 2 heterocycles. The van der Waals surface area contributed by atoms with E-state index in [9.17, 15) is 4.79 Å². The van der Waals surface area contributed by atoms with Crippen LogP contribution in [-0.4, -0.2) is 47.3 Å². The minimum Gasteiger partial charge on any atom is -0.444 e. The number of carbonyl (C=O) groups excluding carboxylic acids is 1. The second-order valence-corrected chi connectivity index (χ2v) is 9.71. The van der Waals surface area contributed by atoms with E-state index in [4.69, 9.17) is 9.88 Å². The van der Waals surface area contributed by atoms with Crippen LogP contribution in [0.1, 0.15) is 53.9 Å². The largest absolute Gasteiger partial charge is 0.444 e. The number of ether oxygens (including phenoxy) is 1. The minimum absolute atomic E-state index is 0.157. The van der Waals surface area contributed by atoms with E-state index in [2.05, 4.69) is 30.8 Å². The number of carbonyl (C=O) groups is 1. The molecule has 1 aliphatic rings. The molecule has 0 saturated carbocycles. The number of amides is 1. The van der Waals surface area contributed by atoms with Gasteiger partial charge in [-0.25, -0.2) is 9.78 Å². The zero-order chi connectivity index (χ0) is 20.2. The first-order valence-corrected chi connectivity index (χ1v) is 10.4. The Morgan fingerprint density at radius 2 is 2.15 bits per heavy atom. The van der Waals surface area contributed by atoms with Crippen LogP contribution in [0.4, 0.5) is 10.6 Å². The van der Waals surface area contributed by atoms with Gasteiger partial charge in [-0.2, -0.15) is 0 Å². The molecule has 7 heteroatoms. The van der Waals surface area contributed by atoms with Crippen molar-refractivity contribution < 1.29 is 9.53 Å². The van der Waals surface area contributed by atoms with Crippen LogP contribution >= 0.6 is 11.9 Å². The molecule has 1 fully saturated rings. The third-order valence-electron chi connectivity index (χ3n) is 4.93. The predicted molar refractivity (Wildman–Crippen MR) is 112 cm³/mol. The van der Waals surface area contributed by atoms with Crippen molar-refractivity contribution in [1.82, 2.24) is 9.88 Å². The van der Waals surface area contributed by atoms with Gasteiger partial charge in [0.1, 0.15) is 11.4 Å². The molecule has 0 bridgehead atoms. The highest BCUT2D eigenvalue weighted by Gasteiger charge is 2.42. The maximum atomic E-state index is 12.5. The Bertz CT molecular complexity index is 628. The van der Waals surface area contributed by atoms with Crippen molar-refractivity contribution in [2.45, 2.75) is 69.9 Å². The molecule has 152 valence electrons. The second kappa shape index (κ2) is 8.69. The van der Waals surface area contributed by atoms with Gasteiger partial charge in [0.2, 0.25) is 0 Å². The summed E-state index contributed by atoms with van der Waals surface area (Å²) in [5.41, 5.74) is -0.616. The maximum Gasteiger partial charge on any atom is 0.410 e. The lowest BCUT2D eigenvalue weighted by Gasteiger charge is -2.33. The van der Waals surface area contributed by atoms with Gasteiger partial charge in [0.15, 0.2) is 0 Å². The molecule has 1 amide bonds. The lowest BCUT2D eigenvalue weighted by molar-refractivity contribution is 0.0131. The summed E-state index contributed by atoms with van der Waals surface area (Å²) in [4.78, 5) is 22.0. The summed E-state index contributed by atoms with van der Waals surface area (Å²) in [6.07, 6.45) is 4.76. The number of nitrogens with two attached hydrogens (primary N) is 1. The monoisotopic (exact) mass is 394 g/mol. The molecule has 1 aromatic heterocycles. The van der Waals surface area contributed by atoms with Gasteiger partial charge in [0.05, 0.1) is 0 Å². The van der Waals surface area contributed by atoms with Crippen molar-refractivity contribution in [1.29, 1.82) is 0 Å². The first-order chi connectivity index (χ1) is 12.5. The summed E-state index contributed by atoms with van der Waals surface area (Å²) in [6.45, 7) is 11.7. The van der Waals surface area contributed by atoms with E-state index >= 15 is 0 Å². The van der Waals surface area contributed by atoms with Crippen LogP contribution < -0.4 is 10.0 Å². The Labute approximate surface area is 168 Å². The predicted octanol–water partition coefficient (Wildman–Crippen LogP) is 4.30. The molecule has 1 unspecified atom stereocenters. The number of hydrogen-bond acceptors (Lipinski definition) is 6. The third-order valence-corrected chi connectivity index (χ3v) is 5.44. The van der Waals surface area contributed by atoms with Crippen molar-refractivity contribution in [2.24, 2.45) is 11.1 Å². The summed E-state index contributed by atoms with van der Waals surface area (Å²) >= 11 is 1.21. The van der Waals surface area contributed by atoms with Crippen molar-refractivity contribution >= 4 is 23.9 Å². The number of aromatic nitrogens is 1. The Morgan fingerprint density at radius 1 is 1.44 bits per heavy atom. The van der Waals surface area contributed by atoms with Crippen LogP contribution in [-0.2, 0) is 4.74 Å². The highest BCUT2D eigenvalue weighted by Crippen LogP contribution is 2.36. The average molecular weight is 395 g/mol. The Kier molecular flexibility index (Phi) is 7.03. The molecule has 0 aliphatic carbocycles. The SMILES string of the molecule is CN(CCCC1CN(C(=O)OC(C)(C)C)C(C)(C)C1)c1ccc(SN)cn1. The van der Waals surface area contributed by atoms with Crippen LogP contribution in [0.2, 0.25) is 0 Å². The second-order valence-electron chi connectivity index (χ2n) is 9.01. The highest BCUT2D eigenvalue weighted by molar-refractivity contribution is 7.97. The van der Waals surface area contributed by atoms with Crippen LogP contribution in [0.3, 0.4) is 0 Å². The summed E-state index contributed by atoms with van der Waals surface area (Å²) in [7, 11) is 2.06. The number of anilines is 1. The van der Waals surface area contributed by atoms with Crippen LogP contribution in [0, 0.1) is 5.92 Å². The normalized spacial score (nSPS) is 19.2. The van der Waals surface area contributed by atoms with Crippen LogP contribution in [0.15, 0.2) is 23.2 Å². The Balaban J connectivity index is 1.83. The molecule has 0 aromatic carbocycles. The first-order valence-electron chi connectivity index (χ1n) is 9.56. The van der Waals surface area contributed by atoms with Gasteiger partial charge in [0, 0.05) is 36.8 Å². The fourth-order valence-corrected chi connectivity index (χ4v) is 3.88. The zero-order valence-electron chi connectivity index (χ0n) is 17.5. The van der Waals surface area contributed by atoms with Crippen molar-refractivity contribution in [2.75, 3.05) is 25.0 Å². The molecule has 1 aliphatic heterocycles. The molecule has 27 heavy (non-hydrogen) atoms. The number of hydrogen-bond donors (Lipinski definition) is 1. The lowest BCUT2D eigenvalue weighted by Crippen LogP contribution is -2.45. The highest BCUT2D eigenvalue weighted by atomic mass is 32.2. The molecule has 2 rings (SSSR count). The molecule has 1 saturated heterocycles. The van der Waals surface area contributed by atoms with E-state index < -0.39 is 5.60 Å². The smallest absolute Gasteiger partial charge is 0.410 e. The fourth-order valence-electron chi connectivity index (χ4n) is 3.62. The minimum atomic E-state index is -0.459. The zero-order valence-corrected chi connectivity index (χ0v) is 18.3. The average Bonchev–Trinajstić information content (AvgIpc) is 2.88. The fraction of sp³-hybridized carbons (Fsp3) is 0.700. The van der Waals surface area contributed by atoms with Crippen LogP contribution in [0.5, 0.6) is 0 Å². The molecular formula is C20H34N4O2S. The first kappa shape index (κ1) is 21.8. The van der Waals surface area contributed by atoms with Crippen molar-refractivity contribution in [3.05, 3.63) is 18.3 Å². The Morgan fingerprint density at radius 3 is 2.70 bits per heavy atom. The van der Waals surface area contributed by atoms with Gasteiger partial charge >= 0.3 is 6.09 Å². The van der Waals surface area contributed by atoms with Gasteiger partial charge in [-0.05, 0) is 83.9 Å². The topological polar surface area (TPSA) is 71.7 Å². The van der Waals surface area contributed by atoms with E-state index in [1.165, 1.54) is 11.9 Å². The molecule has 6 nitrogen and oxygen atoms in total. The molecule has 0 radical (unpaired) electrons. The van der Waals surface area contributed by atoms with Gasteiger partial charge in [-0.3, -0.25) is 5.14 Å². The summed E-state index contributed by atoms with van der Waals surface area (Å²) < 4.78 is 5.58. The van der Waals surface area contributed by atoms with E-state index in [0.29, 0.717) is 5.92 Å². The van der Waals surface area contributed by atoms with Gasteiger partial charge in [0.25, 0.3) is 0 Å². The maximum absolute atomic E-state index is 12.5. The molecule has 0 spiro atoms. The quantitative estimate of drug-likeness (QED) is 0.725. The molecule has 1 aromatic rings. The summed E-state index contributed by atoms with van der Waals surface area (Å²) in [5.74, 6) is 1.46. The standard InChI is InChI=1S/C20H34N4O2S/c1-19(2,3)26-18(25)24-14-15(12-20(24,4)5)8-7-11-23(6)17-10-9-16(27-21)13-22-17/h9-10,13,15H,7-8,11-12,14,21H2,1-6H3. The van der Waals surface area contributed by atoms with E-state index in [0.717, 1.165) is 43.1 Å². The van der Waals surface area contributed by atoms with Gasteiger partial charge in [-0.1, -0.05) is 0 Å². The lowest BCUT2D eigenvalue weighted by atomic mass is 9.93. The summed E-state index contributed by atoms with van der Waals surface area (Å²) in [6, 6.07) is 3.99. The van der Waals surface area contributed by atoms with Gasteiger partial charge in [-0.15, -0.1) is 0 Å². The van der Waals surface area contributed by atoms with E-state index in [1.54, 1.807) is 6.20 Å². The third kappa shape index (κ3) is 6.28. The molecule has 1 atom stereocenters. The Hall–Kier alpha value is -1.47. The number of likely N-dealkylation sites (tertiary alicyclic amines) is 1. The molecular weight excluding hydrogens is 360 g/mol. The van der Waals surface area contributed by atoms with Crippen LogP contribution in [0.25, 0.3) is 0 Å². The number of pyridine rings is 1. The molecule has 2 N–H and O–H groups in total.